The molecule has 1 aromatic carbocycles. The van der Waals surface area contributed by atoms with Crippen LogP contribution >= 0.6 is 23.2 Å². The summed E-state index contributed by atoms with van der Waals surface area (Å²) in [4.78, 5) is 3.98. The molecule has 0 saturated carbocycles. The lowest BCUT2D eigenvalue weighted by atomic mass is 10.1. The van der Waals surface area contributed by atoms with Crippen molar-refractivity contribution in [1.29, 1.82) is 0 Å². The van der Waals surface area contributed by atoms with Crippen LogP contribution in [0.15, 0.2) is 48.9 Å². The molecule has 4 nitrogen and oxygen atoms in total. The van der Waals surface area contributed by atoms with Crippen LogP contribution in [0.1, 0.15) is 0 Å². The van der Waals surface area contributed by atoms with Crippen molar-refractivity contribution in [2.24, 2.45) is 0 Å². The minimum Gasteiger partial charge on any atom is -0.396 e. The summed E-state index contributed by atoms with van der Waals surface area (Å²) in [6, 6.07) is 9.02. The SMILES string of the molecule is Nc1cn(-c2ccncc2)nc1-c1ccc(Cl)c(Cl)c1. The third-order valence-electron chi connectivity index (χ3n) is 2.86. The number of aromatic nitrogens is 3. The van der Waals surface area contributed by atoms with E-state index < -0.39 is 0 Å². The Hall–Kier alpha value is -2.04. The smallest absolute Gasteiger partial charge is 0.116 e. The number of hydrogen-bond acceptors (Lipinski definition) is 3. The van der Waals surface area contributed by atoms with Gasteiger partial charge in [0.1, 0.15) is 5.69 Å². The minimum atomic E-state index is 0.474. The number of hydrogen-bond donors (Lipinski definition) is 1. The van der Waals surface area contributed by atoms with Gasteiger partial charge in [0.2, 0.25) is 0 Å². The van der Waals surface area contributed by atoms with E-state index in [9.17, 15) is 0 Å². The molecule has 0 bridgehead atoms. The molecule has 0 spiro atoms. The lowest BCUT2D eigenvalue weighted by molar-refractivity contribution is 0.881. The number of pyridine rings is 1. The molecule has 0 unspecified atom stereocenters. The molecule has 2 heterocycles. The van der Waals surface area contributed by atoms with Crippen molar-refractivity contribution in [3.63, 3.8) is 0 Å². The zero-order chi connectivity index (χ0) is 14.1. The number of halogens is 2. The average Bonchev–Trinajstić information content (AvgIpc) is 2.85. The van der Waals surface area contributed by atoms with Crippen LogP contribution in [-0.2, 0) is 0 Å². The second-order valence-corrected chi connectivity index (χ2v) is 5.03. The highest BCUT2D eigenvalue weighted by molar-refractivity contribution is 6.42. The Balaban J connectivity index is 2.07. The summed E-state index contributed by atoms with van der Waals surface area (Å²) in [6.07, 6.45) is 5.16. The summed E-state index contributed by atoms with van der Waals surface area (Å²) in [6.45, 7) is 0. The first-order chi connectivity index (χ1) is 9.65. The second kappa shape index (κ2) is 5.15. The third kappa shape index (κ3) is 2.35. The van der Waals surface area contributed by atoms with Crippen LogP contribution in [0.3, 0.4) is 0 Å². The topological polar surface area (TPSA) is 56.7 Å². The minimum absolute atomic E-state index is 0.474. The predicted octanol–water partition coefficient (Wildman–Crippen LogP) is 3.82. The van der Waals surface area contributed by atoms with Gasteiger partial charge >= 0.3 is 0 Å². The molecule has 0 atom stereocenters. The van der Waals surface area contributed by atoms with Gasteiger partial charge in [0.15, 0.2) is 0 Å². The Morgan fingerprint density at radius 2 is 1.75 bits per heavy atom. The van der Waals surface area contributed by atoms with Crippen molar-refractivity contribution in [2.45, 2.75) is 0 Å². The molecule has 6 heteroatoms. The molecule has 2 N–H and O–H groups in total. The number of nitrogens with zero attached hydrogens (tertiary/aromatic N) is 3. The molecule has 0 radical (unpaired) electrons. The highest BCUT2D eigenvalue weighted by Crippen LogP contribution is 2.31. The van der Waals surface area contributed by atoms with E-state index in [1.165, 1.54) is 0 Å². The molecule has 3 rings (SSSR count). The lowest BCUT2D eigenvalue weighted by Gasteiger charge is -2.01. The van der Waals surface area contributed by atoms with Gasteiger partial charge in [0, 0.05) is 18.0 Å². The van der Waals surface area contributed by atoms with Crippen LogP contribution in [0.4, 0.5) is 5.69 Å². The first-order valence-corrected chi connectivity index (χ1v) is 6.62. The van der Waals surface area contributed by atoms with E-state index in [2.05, 4.69) is 10.1 Å². The van der Waals surface area contributed by atoms with Gasteiger partial charge in [0.25, 0.3) is 0 Å². The Bertz CT molecular complexity index is 753. The van der Waals surface area contributed by atoms with Crippen LogP contribution < -0.4 is 5.73 Å². The van der Waals surface area contributed by atoms with E-state index in [0.717, 1.165) is 11.3 Å². The highest BCUT2D eigenvalue weighted by Gasteiger charge is 2.11. The summed E-state index contributed by atoms with van der Waals surface area (Å²) in [5, 5.41) is 5.46. The van der Waals surface area contributed by atoms with E-state index >= 15 is 0 Å². The maximum atomic E-state index is 6.02. The molecule has 0 saturated heterocycles. The largest absolute Gasteiger partial charge is 0.396 e. The summed E-state index contributed by atoms with van der Waals surface area (Å²) < 4.78 is 1.70. The van der Waals surface area contributed by atoms with Crippen molar-refractivity contribution >= 4 is 28.9 Å². The predicted molar refractivity (Wildman–Crippen MR) is 81.2 cm³/mol. The maximum absolute atomic E-state index is 6.02. The van der Waals surface area contributed by atoms with Crippen LogP contribution in [0.25, 0.3) is 16.9 Å². The van der Waals surface area contributed by atoms with Gasteiger partial charge in [-0.3, -0.25) is 4.98 Å². The normalized spacial score (nSPS) is 10.7. The summed E-state index contributed by atoms with van der Waals surface area (Å²) in [7, 11) is 0. The standard InChI is InChI=1S/C14H10Cl2N4/c15-11-2-1-9(7-12(11)16)14-13(17)8-20(19-14)10-3-5-18-6-4-10/h1-8H,17H2. The van der Waals surface area contributed by atoms with Crippen molar-refractivity contribution in [3.05, 3.63) is 59.0 Å². The Kier molecular flexibility index (Phi) is 3.34. The van der Waals surface area contributed by atoms with Gasteiger partial charge in [-0.2, -0.15) is 5.10 Å². The van der Waals surface area contributed by atoms with E-state index in [-0.39, 0.29) is 0 Å². The lowest BCUT2D eigenvalue weighted by Crippen LogP contribution is -1.94. The molecule has 3 aromatic rings. The Morgan fingerprint density at radius 3 is 2.45 bits per heavy atom. The van der Waals surface area contributed by atoms with Crippen LogP contribution in [0, 0.1) is 0 Å². The first-order valence-electron chi connectivity index (χ1n) is 5.86. The van der Waals surface area contributed by atoms with E-state index in [0.29, 0.717) is 21.4 Å². The zero-order valence-corrected chi connectivity index (χ0v) is 11.8. The third-order valence-corrected chi connectivity index (χ3v) is 3.60. The summed E-state index contributed by atoms with van der Waals surface area (Å²) in [5.74, 6) is 0. The van der Waals surface area contributed by atoms with Crippen molar-refractivity contribution in [1.82, 2.24) is 14.8 Å². The molecule has 0 aliphatic heterocycles. The fraction of sp³-hybridized carbons (Fsp3) is 0. The van der Waals surface area contributed by atoms with Gasteiger partial charge in [0.05, 0.1) is 27.6 Å². The van der Waals surface area contributed by atoms with Crippen molar-refractivity contribution in [3.8, 4) is 16.9 Å². The molecular formula is C14H10Cl2N4. The molecule has 0 aliphatic rings. The van der Waals surface area contributed by atoms with Crippen LogP contribution in [0.2, 0.25) is 10.0 Å². The van der Waals surface area contributed by atoms with E-state index in [4.69, 9.17) is 28.9 Å². The molecule has 0 amide bonds. The van der Waals surface area contributed by atoms with E-state index in [1.54, 1.807) is 35.4 Å². The highest BCUT2D eigenvalue weighted by atomic mass is 35.5. The van der Waals surface area contributed by atoms with Gasteiger partial charge < -0.3 is 5.73 Å². The average molecular weight is 305 g/mol. The fourth-order valence-electron chi connectivity index (χ4n) is 1.88. The monoisotopic (exact) mass is 304 g/mol. The first kappa shape index (κ1) is 13.0. The number of nitrogen functional groups attached to an aromatic ring is 1. The fourth-order valence-corrected chi connectivity index (χ4v) is 2.18. The molecular weight excluding hydrogens is 295 g/mol. The number of rotatable bonds is 2. The molecule has 0 aliphatic carbocycles. The van der Waals surface area contributed by atoms with E-state index in [1.807, 2.05) is 18.2 Å². The van der Waals surface area contributed by atoms with Crippen LogP contribution in [0.5, 0.6) is 0 Å². The second-order valence-electron chi connectivity index (χ2n) is 4.21. The number of nitrogens with two attached hydrogens (primary N) is 1. The Morgan fingerprint density at radius 1 is 1.00 bits per heavy atom. The molecule has 100 valence electrons. The number of anilines is 1. The summed E-state index contributed by atoms with van der Waals surface area (Å²) in [5.41, 5.74) is 8.97. The quantitative estimate of drug-likeness (QED) is 0.783. The van der Waals surface area contributed by atoms with Gasteiger partial charge in [-0.1, -0.05) is 29.3 Å². The van der Waals surface area contributed by atoms with Crippen molar-refractivity contribution < 1.29 is 0 Å². The zero-order valence-electron chi connectivity index (χ0n) is 10.3. The van der Waals surface area contributed by atoms with Gasteiger partial charge in [-0.15, -0.1) is 0 Å². The van der Waals surface area contributed by atoms with Gasteiger partial charge in [-0.25, -0.2) is 4.68 Å². The summed E-state index contributed by atoms with van der Waals surface area (Å²) >= 11 is 11.9. The van der Waals surface area contributed by atoms with Gasteiger partial charge in [-0.05, 0) is 24.3 Å². The molecule has 2 aromatic heterocycles. The van der Waals surface area contributed by atoms with Crippen LogP contribution in [-0.4, -0.2) is 14.8 Å². The number of benzene rings is 1. The van der Waals surface area contributed by atoms with Crippen molar-refractivity contribution in [2.75, 3.05) is 5.73 Å². The molecule has 0 fully saturated rings. The Labute approximate surface area is 125 Å². The maximum Gasteiger partial charge on any atom is 0.116 e. The molecule has 20 heavy (non-hydrogen) atoms.